The maximum absolute atomic E-state index is 12.8. The van der Waals surface area contributed by atoms with Crippen LogP contribution in [-0.4, -0.2) is 43.7 Å². The summed E-state index contributed by atoms with van der Waals surface area (Å²) in [6.07, 6.45) is 3.01. The van der Waals surface area contributed by atoms with E-state index in [0.717, 1.165) is 17.1 Å². The van der Waals surface area contributed by atoms with Gasteiger partial charge in [0.2, 0.25) is 0 Å². The van der Waals surface area contributed by atoms with Crippen LogP contribution < -0.4 is 0 Å². The van der Waals surface area contributed by atoms with Crippen molar-refractivity contribution in [3.63, 3.8) is 0 Å². The number of benzene rings is 1. The Kier molecular flexibility index (Phi) is 5.03. The van der Waals surface area contributed by atoms with Crippen LogP contribution in [0.4, 0.5) is 0 Å². The zero-order chi connectivity index (χ0) is 19.6. The van der Waals surface area contributed by atoms with Crippen LogP contribution in [0.5, 0.6) is 0 Å². The number of carbonyl (C=O) groups excluding carboxylic acids is 1. The second-order valence-electron chi connectivity index (χ2n) is 6.33. The Bertz CT molecular complexity index is 965. The Labute approximate surface area is 156 Å². The molecule has 3 aromatic rings. The fourth-order valence-electron chi connectivity index (χ4n) is 3.03. The van der Waals surface area contributed by atoms with E-state index in [4.69, 9.17) is 0 Å². The van der Waals surface area contributed by atoms with E-state index in [2.05, 4.69) is 10.1 Å². The predicted octanol–water partition coefficient (Wildman–Crippen LogP) is 2.78. The second-order valence-corrected chi connectivity index (χ2v) is 6.33. The van der Waals surface area contributed by atoms with E-state index in [1.54, 1.807) is 47.3 Å². The monoisotopic (exact) mass is 364 g/mol. The van der Waals surface area contributed by atoms with Gasteiger partial charge in [0.15, 0.2) is 6.04 Å². The molecule has 7 nitrogen and oxygen atoms in total. The van der Waals surface area contributed by atoms with Gasteiger partial charge in [-0.1, -0.05) is 6.07 Å². The van der Waals surface area contributed by atoms with E-state index < -0.39 is 12.0 Å². The van der Waals surface area contributed by atoms with Crippen LogP contribution in [0.3, 0.4) is 0 Å². The molecule has 7 heteroatoms. The number of aromatic nitrogens is 3. The summed E-state index contributed by atoms with van der Waals surface area (Å²) in [5, 5.41) is 14.0. The summed E-state index contributed by atoms with van der Waals surface area (Å²) in [5.74, 6) is -1.50. The highest BCUT2D eigenvalue weighted by Crippen LogP contribution is 2.22. The number of pyridine rings is 1. The van der Waals surface area contributed by atoms with E-state index in [9.17, 15) is 14.7 Å². The van der Waals surface area contributed by atoms with E-state index in [-0.39, 0.29) is 5.91 Å². The lowest BCUT2D eigenvalue weighted by atomic mass is 10.1. The molecule has 0 spiro atoms. The Balaban J connectivity index is 1.86. The molecule has 0 saturated heterocycles. The van der Waals surface area contributed by atoms with Gasteiger partial charge in [0.05, 0.1) is 11.4 Å². The molecule has 3 rings (SSSR count). The molecule has 0 fully saturated rings. The molecule has 0 aliphatic heterocycles. The molecule has 1 aromatic carbocycles. The van der Waals surface area contributed by atoms with Gasteiger partial charge < -0.3 is 10.0 Å². The highest BCUT2D eigenvalue weighted by molar-refractivity contribution is 5.96. The van der Waals surface area contributed by atoms with Gasteiger partial charge in [-0.2, -0.15) is 5.10 Å². The number of carbonyl (C=O) groups is 2. The number of aryl methyl sites for hydroxylation is 2. The number of hydrogen-bond donors (Lipinski definition) is 1. The zero-order valence-corrected chi connectivity index (χ0v) is 15.3. The van der Waals surface area contributed by atoms with Crippen LogP contribution in [0.15, 0.2) is 54.9 Å². The lowest BCUT2D eigenvalue weighted by Crippen LogP contribution is -2.36. The van der Waals surface area contributed by atoms with Crippen molar-refractivity contribution in [2.75, 3.05) is 7.05 Å². The third-order valence-corrected chi connectivity index (χ3v) is 4.31. The summed E-state index contributed by atoms with van der Waals surface area (Å²) in [7, 11) is 1.48. The molecule has 0 radical (unpaired) electrons. The first-order valence-electron chi connectivity index (χ1n) is 8.42. The highest BCUT2D eigenvalue weighted by atomic mass is 16.4. The lowest BCUT2D eigenvalue weighted by molar-refractivity contribution is -0.142. The molecule has 27 heavy (non-hydrogen) atoms. The first-order chi connectivity index (χ1) is 12.9. The van der Waals surface area contributed by atoms with Gasteiger partial charge in [0, 0.05) is 36.3 Å². The van der Waals surface area contributed by atoms with Crippen molar-refractivity contribution >= 4 is 11.9 Å². The fraction of sp³-hybridized carbons (Fsp3) is 0.200. The molecule has 1 amide bonds. The van der Waals surface area contributed by atoms with Crippen molar-refractivity contribution < 1.29 is 14.7 Å². The van der Waals surface area contributed by atoms with Crippen LogP contribution in [0.2, 0.25) is 0 Å². The predicted molar refractivity (Wildman–Crippen MR) is 99.7 cm³/mol. The molecule has 0 unspecified atom stereocenters. The molecule has 0 bridgehead atoms. The minimum Gasteiger partial charge on any atom is -0.479 e. The van der Waals surface area contributed by atoms with Gasteiger partial charge in [-0.05, 0) is 50.2 Å². The number of likely N-dealkylation sites (N-methyl/N-ethyl adjacent to an activating group) is 1. The second kappa shape index (κ2) is 7.41. The van der Waals surface area contributed by atoms with Gasteiger partial charge in [0.25, 0.3) is 5.91 Å². The van der Waals surface area contributed by atoms with Gasteiger partial charge in [-0.25, -0.2) is 9.48 Å². The summed E-state index contributed by atoms with van der Waals surface area (Å²) in [5.41, 5.74) is 3.58. The number of aliphatic carboxylic acids is 1. The van der Waals surface area contributed by atoms with Crippen molar-refractivity contribution in [3.8, 4) is 5.69 Å². The average Bonchev–Trinajstić information content (AvgIpc) is 3.00. The van der Waals surface area contributed by atoms with Gasteiger partial charge in [0.1, 0.15) is 0 Å². The molecular formula is C20H20N4O3. The van der Waals surface area contributed by atoms with E-state index in [0.29, 0.717) is 11.1 Å². The van der Waals surface area contributed by atoms with Crippen LogP contribution in [0, 0.1) is 13.8 Å². The van der Waals surface area contributed by atoms with Crippen LogP contribution in [0.25, 0.3) is 5.69 Å². The standard InChI is InChI=1S/C20H20N4O3/c1-13-11-14(2)24(22-13)17-8-6-15(7-9-17)19(25)23(3)18(20(26)27)16-5-4-10-21-12-16/h4-12,18H,1-3H3,(H,26,27)/t18-/m1/s1. The van der Waals surface area contributed by atoms with Crippen molar-refractivity contribution in [2.24, 2.45) is 0 Å². The van der Waals surface area contributed by atoms with Crippen molar-refractivity contribution in [2.45, 2.75) is 19.9 Å². The van der Waals surface area contributed by atoms with Crippen molar-refractivity contribution in [1.82, 2.24) is 19.7 Å². The normalized spacial score (nSPS) is 11.8. The van der Waals surface area contributed by atoms with E-state index in [1.165, 1.54) is 18.1 Å². The van der Waals surface area contributed by atoms with Crippen LogP contribution in [0.1, 0.15) is 33.4 Å². The van der Waals surface area contributed by atoms with Crippen molar-refractivity contribution in [3.05, 3.63) is 77.4 Å². The Morgan fingerprint density at radius 1 is 1.15 bits per heavy atom. The molecule has 2 heterocycles. The Morgan fingerprint density at radius 2 is 1.85 bits per heavy atom. The van der Waals surface area contributed by atoms with E-state index in [1.807, 2.05) is 19.9 Å². The maximum atomic E-state index is 12.8. The molecule has 1 N–H and O–H groups in total. The quantitative estimate of drug-likeness (QED) is 0.752. The SMILES string of the molecule is Cc1cc(C)n(-c2ccc(C(=O)N(C)[C@@H](C(=O)O)c3cccnc3)cc2)n1. The molecule has 1 atom stereocenters. The Hall–Kier alpha value is -3.48. The smallest absolute Gasteiger partial charge is 0.331 e. The van der Waals surface area contributed by atoms with Crippen molar-refractivity contribution in [1.29, 1.82) is 0 Å². The summed E-state index contributed by atoms with van der Waals surface area (Å²) in [6.45, 7) is 3.87. The summed E-state index contributed by atoms with van der Waals surface area (Å²) in [4.78, 5) is 29.7. The summed E-state index contributed by atoms with van der Waals surface area (Å²) < 4.78 is 1.79. The topological polar surface area (TPSA) is 88.3 Å². The number of carboxylic acid groups (broad SMARTS) is 1. The molecule has 0 aliphatic rings. The fourth-order valence-corrected chi connectivity index (χ4v) is 3.03. The number of carboxylic acids is 1. The first kappa shape index (κ1) is 18.3. The largest absolute Gasteiger partial charge is 0.479 e. The van der Waals surface area contributed by atoms with Gasteiger partial charge in [-0.15, -0.1) is 0 Å². The average molecular weight is 364 g/mol. The molecule has 0 aliphatic carbocycles. The highest BCUT2D eigenvalue weighted by Gasteiger charge is 2.29. The molecule has 0 saturated carbocycles. The zero-order valence-electron chi connectivity index (χ0n) is 15.3. The van der Waals surface area contributed by atoms with Gasteiger partial charge >= 0.3 is 5.97 Å². The van der Waals surface area contributed by atoms with Gasteiger partial charge in [-0.3, -0.25) is 9.78 Å². The summed E-state index contributed by atoms with van der Waals surface area (Å²) >= 11 is 0. The molecular weight excluding hydrogens is 344 g/mol. The van der Waals surface area contributed by atoms with Crippen LogP contribution >= 0.6 is 0 Å². The number of hydrogen-bond acceptors (Lipinski definition) is 4. The summed E-state index contributed by atoms with van der Waals surface area (Å²) in [6, 6.07) is 11.1. The lowest BCUT2D eigenvalue weighted by Gasteiger charge is -2.25. The molecule has 138 valence electrons. The van der Waals surface area contributed by atoms with Crippen LogP contribution in [-0.2, 0) is 4.79 Å². The van der Waals surface area contributed by atoms with E-state index >= 15 is 0 Å². The maximum Gasteiger partial charge on any atom is 0.331 e. The third-order valence-electron chi connectivity index (χ3n) is 4.31. The number of amides is 1. The Morgan fingerprint density at radius 3 is 2.37 bits per heavy atom. The number of rotatable bonds is 5. The third kappa shape index (κ3) is 3.72. The number of nitrogens with zero attached hydrogens (tertiary/aromatic N) is 4. The minimum absolute atomic E-state index is 0.383. The molecule has 2 aromatic heterocycles. The minimum atomic E-state index is -1.11. The first-order valence-corrected chi connectivity index (χ1v) is 8.42.